The van der Waals surface area contributed by atoms with E-state index in [2.05, 4.69) is 14.6 Å². The highest BCUT2D eigenvalue weighted by atomic mass is 19.3. The summed E-state index contributed by atoms with van der Waals surface area (Å²) in [7, 11) is 0. The number of carbonyl (C=O) groups excluding carboxylic acids is 2. The molecule has 0 N–H and O–H groups in total. The Morgan fingerprint density at radius 2 is 1.73 bits per heavy atom. The van der Waals surface area contributed by atoms with Crippen LogP contribution in [0.4, 0.5) is 17.6 Å². The van der Waals surface area contributed by atoms with Crippen molar-refractivity contribution in [2.24, 2.45) is 0 Å². The van der Waals surface area contributed by atoms with E-state index in [0.717, 1.165) is 16.8 Å². The maximum atomic E-state index is 13.6. The summed E-state index contributed by atoms with van der Waals surface area (Å²) in [6.45, 7) is 2.66. The molecule has 3 aromatic rings. The van der Waals surface area contributed by atoms with Crippen molar-refractivity contribution in [3.63, 3.8) is 0 Å². The summed E-state index contributed by atoms with van der Waals surface area (Å²) in [4.78, 5) is 37.5. The number of nitrogens with zero attached hydrogens (tertiary/aromatic N) is 2. The van der Waals surface area contributed by atoms with Crippen LogP contribution in [0.15, 0.2) is 41.2 Å². The minimum Gasteiger partial charge on any atom is -0.461 e. The van der Waals surface area contributed by atoms with E-state index >= 15 is 0 Å². The Bertz CT molecular complexity index is 1370. The van der Waals surface area contributed by atoms with Gasteiger partial charge in [-0.15, -0.1) is 0 Å². The van der Waals surface area contributed by atoms with Crippen LogP contribution in [0.2, 0.25) is 0 Å². The van der Waals surface area contributed by atoms with Crippen LogP contribution < -0.4 is 14.9 Å². The first-order chi connectivity index (χ1) is 15.5. The van der Waals surface area contributed by atoms with E-state index in [9.17, 15) is 31.9 Å². The molecule has 0 spiro atoms. The van der Waals surface area contributed by atoms with Crippen LogP contribution in [-0.2, 0) is 4.74 Å². The van der Waals surface area contributed by atoms with Gasteiger partial charge in [0, 0.05) is 11.6 Å². The highest BCUT2D eigenvalue weighted by Crippen LogP contribution is 2.47. The Hall–Kier alpha value is -3.96. The van der Waals surface area contributed by atoms with Crippen molar-refractivity contribution >= 4 is 22.7 Å². The molecule has 0 saturated heterocycles. The molecule has 33 heavy (non-hydrogen) atoms. The summed E-state index contributed by atoms with van der Waals surface area (Å²) in [5.74, 6) is -2.93. The lowest BCUT2D eigenvalue weighted by atomic mass is 10.0. The Kier molecular flexibility index (Phi) is 5.10. The Morgan fingerprint density at radius 3 is 2.36 bits per heavy atom. The molecule has 2 heterocycles. The van der Waals surface area contributed by atoms with Crippen molar-refractivity contribution in [3.05, 3.63) is 57.9 Å². The van der Waals surface area contributed by atoms with Gasteiger partial charge in [-0.25, -0.2) is 9.48 Å². The third-order valence-electron chi connectivity index (χ3n) is 4.75. The fourth-order valence-corrected chi connectivity index (χ4v) is 3.28. The highest BCUT2D eigenvalue weighted by molar-refractivity contribution is 6.07. The molecule has 1 aliphatic rings. The van der Waals surface area contributed by atoms with E-state index in [1.54, 1.807) is 0 Å². The van der Waals surface area contributed by atoms with Gasteiger partial charge >= 0.3 is 18.2 Å². The van der Waals surface area contributed by atoms with Gasteiger partial charge in [0.25, 0.3) is 0 Å². The molecule has 172 valence electrons. The Morgan fingerprint density at radius 1 is 1.06 bits per heavy atom. The molecule has 0 radical (unpaired) electrons. The van der Waals surface area contributed by atoms with Crippen LogP contribution in [0.5, 0.6) is 11.5 Å². The van der Waals surface area contributed by atoms with Gasteiger partial charge in [0.05, 0.1) is 23.2 Å². The van der Waals surface area contributed by atoms with Crippen molar-refractivity contribution in [2.75, 3.05) is 6.61 Å². The first-order valence-electron chi connectivity index (χ1n) is 9.49. The fraction of sp³-hybridized carbons (Fsp3) is 0.238. The molecule has 1 aromatic heterocycles. The Balaban J connectivity index is 2.00. The number of ketones is 1. The molecular weight excluding hydrogens is 452 g/mol. The molecular formula is C21H14F4N2O6. The zero-order chi connectivity index (χ0) is 24.1. The van der Waals surface area contributed by atoms with Crippen molar-refractivity contribution in [1.82, 2.24) is 9.78 Å². The topological polar surface area (TPSA) is 96.7 Å². The van der Waals surface area contributed by atoms with Crippen molar-refractivity contribution in [1.29, 1.82) is 0 Å². The molecule has 0 fully saturated rings. The number of alkyl halides is 4. The van der Waals surface area contributed by atoms with Crippen LogP contribution >= 0.6 is 0 Å². The minimum absolute atomic E-state index is 0.0112. The first-order valence-corrected chi connectivity index (χ1v) is 9.49. The van der Waals surface area contributed by atoms with Crippen LogP contribution in [-0.4, -0.2) is 40.4 Å². The largest absolute Gasteiger partial charge is 0.507 e. The maximum absolute atomic E-state index is 13.6. The average Bonchev–Trinajstić information content (AvgIpc) is 2.74. The summed E-state index contributed by atoms with van der Waals surface area (Å²) in [6, 6.07) is 7.27. The normalized spacial score (nSPS) is 15.8. The van der Waals surface area contributed by atoms with Gasteiger partial charge in [0.2, 0.25) is 11.1 Å². The molecule has 0 unspecified atom stereocenters. The number of hydrogen-bond acceptors (Lipinski definition) is 7. The standard InChI is InChI=1S/C21H14F4N2O6/c1-3-31-19(30)17-18(29)16-12(10(2)28)5-4-6-13(16)27(26-17)11-7-8-14-15(9-11)33-21(24,25)20(22,23)32-14/h4-9H,3H2,1-2H3. The summed E-state index contributed by atoms with van der Waals surface area (Å²) in [5.41, 5.74) is -1.54. The van der Waals surface area contributed by atoms with Gasteiger partial charge in [-0.2, -0.15) is 22.7 Å². The van der Waals surface area contributed by atoms with E-state index in [-0.39, 0.29) is 28.8 Å². The SMILES string of the molecule is CCOC(=O)c1nn(-c2ccc3c(c2)OC(F)(F)C(F)(F)O3)c2cccc(C(C)=O)c2c1=O. The third kappa shape index (κ3) is 3.56. The summed E-state index contributed by atoms with van der Waals surface area (Å²) >= 11 is 0. The second kappa shape index (κ2) is 7.57. The minimum atomic E-state index is -4.95. The van der Waals surface area contributed by atoms with Gasteiger partial charge in [-0.3, -0.25) is 9.59 Å². The molecule has 0 atom stereocenters. The van der Waals surface area contributed by atoms with Crippen LogP contribution in [0.25, 0.3) is 16.6 Å². The second-order valence-corrected chi connectivity index (χ2v) is 6.93. The van der Waals surface area contributed by atoms with Gasteiger partial charge < -0.3 is 14.2 Å². The summed E-state index contributed by atoms with van der Waals surface area (Å²) in [6.07, 6.45) is -9.84. The number of halogens is 4. The lowest BCUT2D eigenvalue weighted by molar-refractivity contribution is -0.391. The predicted molar refractivity (Wildman–Crippen MR) is 104 cm³/mol. The first kappa shape index (κ1) is 22.2. The maximum Gasteiger partial charge on any atom is 0.507 e. The van der Waals surface area contributed by atoms with Crippen LogP contribution in [0.1, 0.15) is 34.7 Å². The Labute approximate surface area is 182 Å². The van der Waals surface area contributed by atoms with E-state index in [4.69, 9.17) is 4.74 Å². The van der Waals surface area contributed by atoms with E-state index in [1.807, 2.05) is 0 Å². The van der Waals surface area contributed by atoms with E-state index < -0.39 is 46.6 Å². The smallest absolute Gasteiger partial charge is 0.461 e. The molecule has 0 bridgehead atoms. The lowest BCUT2D eigenvalue weighted by Crippen LogP contribution is -2.52. The average molecular weight is 466 g/mol. The number of Topliss-reactive ketones (excluding diaryl/α,β-unsaturated/α-hetero) is 1. The predicted octanol–water partition coefficient (Wildman–Crippen LogP) is 3.72. The number of carbonyl (C=O) groups is 2. The molecule has 0 aliphatic carbocycles. The van der Waals surface area contributed by atoms with Gasteiger partial charge in [0.1, 0.15) is 0 Å². The lowest BCUT2D eigenvalue weighted by Gasteiger charge is -2.32. The summed E-state index contributed by atoms with van der Waals surface area (Å²) < 4.78 is 68.3. The van der Waals surface area contributed by atoms with Gasteiger partial charge in [-0.05, 0) is 32.0 Å². The van der Waals surface area contributed by atoms with Crippen LogP contribution in [0, 0.1) is 0 Å². The van der Waals surface area contributed by atoms with Crippen molar-refractivity contribution in [3.8, 4) is 17.2 Å². The number of fused-ring (bicyclic) bond motifs is 2. The van der Waals surface area contributed by atoms with Crippen molar-refractivity contribution < 1.29 is 41.4 Å². The molecule has 0 saturated carbocycles. The number of esters is 1. The van der Waals surface area contributed by atoms with Crippen LogP contribution in [0.3, 0.4) is 0 Å². The molecule has 12 heteroatoms. The van der Waals surface area contributed by atoms with E-state index in [1.165, 1.54) is 38.1 Å². The number of benzene rings is 2. The quantitative estimate of drug-likeness (QED) is 0.329. The van der Waals surface area contributed by atoms with Crippen molar-refractivity contribution in [2.45, 2.75) is 26.1 Å². The van der Waals surface area contributed by atoms with E-state index in [0.29, 0.717) is 0 Å². The monoisotopic (exact) mass is 466 g/mol. The van der Waals surface area contributed by atoms with Gasteiger partial charge in [-0.1, -0.05) is 12.1 Å². The third-order valence-corrected chi connectivity index (χ3v) is 4.75. The number of ether oxygens (including phenoxy) is 3. The second-order valence-electron chi connectivity index (χ2n) is 6.93. The molecule has 0 amide bonds. The molecule has 4 rings (SSSR count). The fourth-order valence-electron chi connectivity index (χ4n) is 3.28. The number of hydrogen-bond donors (Lipinski definition) is 0. The highest BCUT2D eigenvalue weighted by Gasteiger charge is 2.65. The molecule has 2 aromatic carbocycles. The number of aromatic nitrogens is 2. The zero-order valence-electron chi connectivity index (χ0n) is 17.0. The molecule has 1 aliphatic heterocycles. The zero-order valence-corrected chi connectivity index (χ0v) is 17.0. The van der Waals surface area contributed by atoms with Gasteiger partial charge in [0.15, 0.2) is 17.3 Å². The molecule has 8 nitrogen and oxygen atoms in total. The summed E-state index contributed by atoms with van der Waals surface area (Å²) in [5, 5.41) is 3.83. The number of rotatable bonds is 4.